The SMILES string of the molecule is CCCOc1cncc(C(=O)C2CCCc3sccc32)c1. The predicted molar refractivity (Wildman–Crippen MR) is 84.4 cm³/mol. The van der Waals surface area contributed by atoms with Gasteiger partial charge in [0.2, 0.25) is 0 Å². The van der Waals surface area contributed by atoms with Gasteiger partial charge in [-0.2, -0.15) is 0 Å². The molecule has 1 atom stereocenters. The number of carbonyl (C=O) groups excluding carboxylic acids is 1. The highest BCUT2D eigenvalue weighted by atomic mass is 32.1. The van der Waals surface area contributed by atoms with Crippen LogP contribution in [0, 0.1) is 0 Å². The summed E-state index contributed by atoms with van der Waals surface area (Å²) in [4.78, 5) is 18.3. The van der Waals surface area contributed by atoms with E-state index in [0.717, 1.165) is 25.7 Å². The Balaban J connectivity index is 1.83. The van der Waals surface area contributed by atoms with Gasteiger partial charge in [-0.15, -0.1) is 11.3 Å². The number of ether oxygens (including phenoxy) is 1. The van der Waals surface area contributed by atoms with E-state index in [0.29, 0.717) is 17.9 Å². The number of aromatic nitrogens is 1. The number of Topliss-reactive ketones (excluding diaryl/α,β-unsaturated/α-hetero) is 1. The first-order valence-electron chi connectivity index (χ1n) is 7.48. The van der Waals surface area contributed by atoms with Crippen LogP contribution in [0.2, 0.25) is 0 Å². The fourth-order valence-corrected chi connectivity index (χ4v) is 3.80. The summed E-state index contributed by atoms with van der Waals surface area (Å²) < 4.78 is 5.58. The minimum atomic E-state index is -0.0109. The number of thiophene rings is 1. The lowest BCUT2D eigenvalue weighted by Crippen LogP contribution is -2.17. The molecule has 1 unspecified atom stereocenters. The van der Waals surface area contributed by atoms with Gasteiger partial charge in [-0.1, -0.05) is 6.92 Å². The van der Waals surface area contributed by atoms with Gasteiger partial charge in [-0.3, -0.25) is 9.78 Å². The van der Waals surface area contributed by atoms with Gasteiger partial charge in [0, 0.05) is 22.6 Å². The molecule has 0 amide bonds. The van der Waals surface area contributed by atoms with E-state index < -0.39 is 0 Å². The van der Waals surface area contributed by atoms with Gasteiger partial charge >= 0.3 is 0 Å². The number of rotatable bonds is 5. The van der Waals surface area contributed by atoms with Crippen LogP contribution in [0.1, 0.15) is 52.9 Å². The maximum Gasteiger partial charge on any atom is 0.172 e. The Morgan fingerprint density at radius 2 is 2.38 bits per heavy atom. The van der Waals surface area contributed by atoms with Crippen LogP contribution in [-0.4, -0.2) is 17.4 Å². The number of hydrogen-bond donors (Lipinski definition) is 0. The molecule has 0 saturated heterocycles. The third-order valence-corrected chi connectivity index (χ3v) is 4.84. The summed E-state index contributed by atoms with van der Waals surface area (Å²) in [5.74, 6) is 0.844. The first-order valence-corrected chi connectivity index (χ1v) is 8.36. The summed E-state index contributed by atoms with van der Waals surface area (Å²) in [6, 6.07) is 3.93. The van der Waals surface area contributed by atoms with Crippen molar-refractivity contribution in [3.05, 3.63) is 45.9 Å². The van der Waals surface area contributed by atoms with Gasteiger partial charge in [0.25, 0.3) is 0 Å². The summed E-state index contributed by atoms with van der Waals surface area (Å²) in [6.45, 7) is 2.71. The van der Waals surface area contributed by atoms with E-state index in [9.17, 15) is 4.79 Å². The molecule has 3 rings (SSSR count). The van der Waals surface area contributed by atoms with Crippen LogP contribution in [-0.2, 0) is 6.42 Å². The molecular formula is C17H19NO2S. The Morgan fingerprint density at radius 3 is 3.24 bits per heavy atom. The minimum Gasteiger partial charge on any atom is -0.492 e. The van der Waals surface area contributed by atoms with Gasteiger partial charge in [0.05, 0.1) is 12.8 Å². The van der Waals surface area contributed by atoms with Crippen LogP contribution < -0.4 is 4.74 Å². The average Bonchev–Trinajstić information content (AvgIpc) is 3.01. The zero-order valence-electron chi connectivity index (χ0n) is 12.2. The molecule has 0 aromatic carbocycles. The molecular weight excluding hydrogens is 282 g/mol. The number of carbonyl (C=O) groups is 1. The van der Waals surface area contributed by atoms with Crippen molar-refractivity contribution in [2.75, 3.05) is 6.61 Å². The van der Waals surface area contributed by atoms with Crippen LogP contribution in [0.15, 0.2) is 29.9 Å². The number of pyridine rings is 1. The van der Waals surface area contributed by atoms with Crippen molar-refractivity contribution >= 4 is 17.1 Å². The molecule has 0 bridgehead atoms. The number of hydrogen-bond acceptors (Lipinski definition) is 4. The molecule has 1 aliphatic rings. The van der Waals surface area contributed by atoms with E-state index >= 15 is 0 Å². The lowest BCUT2D eigenvalue weighted by atomic mass is 9.83. The molecule has 2 aromatic heterocycles. The van der Waals surface area contributed by atoms with E-state index in [2.05, 4.69) is 23.4 Å². The topological polar surface area (TPSA) is 39.2 Å². The van der Waals surface area contributed by atoms with Gasteiger partial charge in [-0.05, 0) is 48.8 Å². The van der Waals surface area contributed by atoms with E-state index in [1.807, 2.05) is 6.07 Å². The van der Waals surface area contributed by atoms with Crippen molar-refractivity contribution in [2.45, 2.75) is 38.5 Å². The Morgan fingerprint density at radius 1 is 1.48 bits per heavy atom. The molecule has 2 aromatic rings. The number of fused-ring (bicyclic) bond motifs is 1. The number of nitrogens with zero attached hydrogens (tertiary/aromatic N) is 1. The smallest absolute Gasteiger partial charge is 0.172 e. The van der Waals surface area contributed by atoms with Gasteiger partial charge in [0.1, 0.15) is 5.75 Å². The average molecular weight is 301 g/mol. The second-order valence-corrected chi connectivity index (χ2v) is 6.37. The molecule has 0 spiro atoms. The van der Waals surface area contributed by atoms with Gasteiger partial charge < -0.3 is 4.74 Å². The molecule has 0 fully saturated rings. The van der Waals surface area contributed by atoms with E-state index in [1.165, 1.54) is 10.4 Å². The molecule has 0 aliphatic heterocycles. The summed E-state index contributed by atoms with van der Waals surface area (Å²) >= 11 is 1.76. The predicted octanol–water partition coefficient (Wildman–Crippen LogP) is 4.23. The fourth-order valence-electron chi connectivity index (χ4n) is 2.81. The first kappa shape index (κ1) is 14.3. The molecule has 3 nitrogen and oxygen atoms in total. The standard InChI is InChI=1S/C17H19NO2S/c1-2-7-20-13-9-12(10-18-11-13)17(19)15-4-3-5-16-14(15)6-8-21-16/h6,8-11,15H,2-5,7H2,1H3. The van der Waals surface area contributed by atoms with E-state index in [1.54, 1.807) is 23.7 Å². The molecule has 4 heteroatoms. The van der Waals surface area contributed by atoms with Crippen LogP contribution >= 0.6 is 11.3 Å². The Hall–Kier alpha value is -1.68. The Bertz CT molecular complexity index is 635. The zero-order chi connectivity index (χ0) is 14.7. The highest BCUT2D eigenvalue weighted by Gasteiger charge is 2.28. The van der Waals surface area contributed by atoms with E-state index in [-0.39, 0.29) is 11.7 Å². The summed E-state index contributed by atoms with van der Waals surface area (Å²) in [6.07, 6.45) is 7.39. The maximum absolute atomic E-state index is 12.8. The van der Waals surface area contributed by atoms with Gasteiger partial charge in [-0.25, -0.2) is 0 Å². The van der Waals surface area contributed by atoms with Crippen molar-refractivity contribution < 1.29 is 9.53 Å². The maximum atomic E-state index is 12.8. The largest absolute Gasteiger partial charge is 0.492 e. The molecule has 0 N–H and O–H groups in total. The van der Waals surface area contributed by atoms with Crippen LogP contribution in [0.4, 0.5) is 0 Å². The number of ketones is 1. The second-order valence-electron chi connectivity index (χ2n) is 5.37. The van der Waals surface area contributed by atoms with Crippen LogP contribution in [0.25, 0.3) is 0 Å². The first-order chi connectivity index (χ1) is 10.3. The number of aryl methyl sites for hydroxylation is 1. The molecule has 110 valence electrons. The molecule has 0 radical (unpaired) electrons. The van der Waals surface area contributed by atoms with Crippen LogP contribution in [0.3, 0.4) is 0 Å². The normalized spacial score (nSPS) is 17.3. The second kappa shape index (κ2) is 6.39. The highest BCUT2D eigenvalue weighted by molar-refractivity contribution is 7.10. The van der Waals surface area contributed by atoms with Gasteiger partial charge in [0.15, 0.2) is 5.78 Å². The third kappa shape index (κ3) is 3.00. The monoisotopic (exact) mass is 301 g/mol. The third-order valence-electron chi connectivity index (χ3n) is 3.84. The molecule has 1 aliphatic carbocycles. The zero-order valence-corrected chi connectivity index (χ0v) is 13.0. The lowest BCUT2D eigenvalue weighted by molar-refractivity contribution is 0.0950. The highest BCUT2D eigenvalue weighted by Crippen LogP contribution is 2.37. The summed E-state index contributed by atoms with van der Waals surface area (Å²) in [5.41, 5.74) is 1.88. The summed E-state index contributed by atoms with van der Waals surface area (Å²) in [7, 11) is 0. The Kier molecular flexibility index (Phi) is 4.34. The van der Waals surface area contributed by atoms with E-state index in [4.69, 9.17) is 4.74 Å². The van der Waals surface area contributed by atoms with Crippen molar-refractivity contribution in [1.29, 1.82) is 0 Å². The quantitative estimate of drug-likeness (QED) is 0.776. The molecule has 21 heavy (non-hydrogen) atoms. The van der Waals surface area contributed by atoms with Crippen molar-refractivity contribution in [2.24, 2.45) is 0 Å². The Labute approximate surface area is 129 Å². The van der Waals surface area contributed by atoms with Crippen molar-refractivity contribution in [3.8, 4) is 5.75 Å². The minimum absolute atomic E-state index is 0.0109. The molecule has 2 heterocycles. The van der Waals surface area contributed by atoms with Crippen molar-refractivity contribution in [1.82, 2.24) is 4.98 Å². The molecule has 0 saturated carbocycles. The van der Waals surface area contributed by atoms with Crippen molar-refractivity contribution in [3.63, 3.8) is 0 Å². The van der Waals surface area contributed by atoms with Crippen LogP contribution in [0.5, 0.6) is 5.75 Å². The fraction of sp³-hybridized carbons (Fsp3) is 0.412. The summed E-state index contributed by atoms with van der Waals surface area (Å²) in [5, 5.41) is 2.09. The lowest BCUT2D eigenvalue weighted by Gasteiger charge is -2.21.